The molecule has 3 amide bonds. The Labute approximate surface area is 139 Å². The lowest BCUT2D eigenvalue weighted by molar-refractivity contribution is -0.120. The Morgan fingerprint density at radius 3 is 2.12 bits per heavy atom. The molecule has 24 heavy (non-hydrogen) atoms. The Morgan fingerprint density at radius 2 is 1.58 bits per heavy atom. The van der Waals surface area contributed by atoms with Gasteiger partial charge in [0.05, 0.1) is 0 Å². The predicted octanol–water partition coefficient (Wildman–Crippen LogP) is 1.90. The minimum Gasteiger partial charge on any atom is -0.366 e. The van der Waals surface area contributed by atoms with Crippen LogP contribution >= 0.6 is 0 Å². The zero-order valence-corrected chi connectivity index (χ0v) is 13.1. The van der Waals surface area contributed by atoms with Crippen molar-refractivity contribution in [1.82, 2.24) is 5.32 Å². The molecule has 0 aliphatic rings. The van der Waals surface area contributed by atoms with Crippen LogP contribution in [0.4, 0.5) is 5.69 Å². The van der Waals surface area contributed by atoms with Gasteiger partial charge in [0.1, 0.15) is 5.70 Å². The van der Waals surface area contributed by atoms with E-state index in [0.717, 1.165) is 5.56 Å². The van der Waals surface area contributed by atoms with Crippen LogP contribution in [0.1, 0.15) is 22.8 Å². The van der Waals surface area contributed by atoms with E-state index < -0.39 is 11.8 Å². The van der Waals surface area contributed by atoms with Crippen LogP contribution in [0.3, 0.4) is 0 Å². The largest absolute Gasteiger partial charge is 0.366 e. The molecule has 4 N–H and O–H groups in total. The predicted molar refractivity (Wildman–Crippen MR) is 91.8 cm³/mol. The van der Waals surface area contributed by atoms with Gasteiger partial charge in [-0.1, -0.05) is 30.3 Å². The maximum absolute atomic E-state index is 12.4. The molecule has 2 aromatic rings. The van der Waals surface area contributed by atoms with Crippen LogP contribution < -0.4 is 16.4 Å². The van der Waals surface area contributed by atoms with Crippen molar-refractivity contribution in [2.45, 2.75) is 6.92 Å². The average molecular weight is 323 g/mol. The van der Waals surface area contributed by atoms with Gasteiger partial charge in [0.25, 0.3) is 5.91 Å². The third-order valence-electron chi connectivity index (χ3n) is 3.09. The standard InChI is InChI=1S/C18H17N3O3/c1-12(22)20-16(11-13-5-3-2-4-6-13)18(24)21-15-9-7-14(8-10-15)17(19)23/h2-11H,1H3,(H2,19,23)(H,20,22)(H,21,24)/b16-11-. The van der Waals surface area contributed by atoms with E-state index in [-0.39, 0.29) is 11.6 Å². The van der Waals surface area contributed by atoms with Crippen molar-refractivity contribution in [3.63, 3.8) is 0 Å². The highest BCUT2D eigenvalue weighted by Crippen LogP contribution is 2.12. The molecule has 0 aromatic heterocycles. The quantitative estimate of drug-likeness (QED) is 0.732. The zero-order chi connectivity index (χ0) is 17.5. The highest BCUT2D eigenvalue weighted by molar-refractivity contribution is 6.08. The molecule has 0 radical (unpaired) electrons. The molecule has 0 bridgehead atoms. The summed E-state index contributed by atoms with van der Waals surface area (Å²) in [5, 5.41) is 5.17. The number of nitrogens with two attached hydrogens (primary N) is 1. The minimum absolute atomic E-state index is 0.118. The van der Waals surface area contributed by atoms with Gasteiger partial charge in [0, 0.05) is 18.2 Å². The van der Waals surface area contributed by atoms with Crippen molar-refractivity contribution >= 4 is 29.5 Å². The second kappa shape index (κ2) is 7.73. The van der Waals surface area contributed by atoms with Crippen LogP contribution in [0.5, 0.6) is 0 Å². The van der Waals surface area contributed by atoms with Gasteiger partial charge in [0.15, 0.2) is 0 Å². The molecule has 0 atom stereocenters. The average Bonchev–Trinajstić information content (AvgIpc) is 2.55. The summed E-state index contributed by atoms with van der Waals surface area (Å²) in [6.07, 6.45) is 1.58. The summed E-state index contributed by atoms with van der Waals surface area (Å²) in [5.41, 5.74) is 6.89. The first-order chi connectivity index (χ1) is 11.5. The van der Waals surface area contributed by atoms with Crippen molar-refractivity contribution in [3.8, 4) is 0 Å². The van der Waals surface area contributed by atoms with Gasteiger partial charge >= 0.3 is 0 Å². The topological polar surface area (TPSA) is 101 Å². The van der Waals surface area contributed by atoms with Gasteiger partial charge in [-0.05, 0) is 35.9 Å². The molecule has 6 heteroatoms. The van der Waals surface area contributed by atoms with Gasteiger partial charge in [-0.15, -0.1) is 0 Å². The summed E-state index contributed by atoms with van der Waals surface area (Å²) in [5.74, 6) is -1.37. The van der Waals surface area contributed by atoms with E-state index in [2.05, 4.69) is 10.6 Å². The Hall–Kier alpha value is -3.41. The number of benzene rings is 2. The zero-order valence-electron chi connectivity index (χ0n) is 13.1. The molecule has 122 valence electrons. The van der Waals surface area contributed by atoms with E-state index in [9.17, 15) is 14.4 Å². The van der Waals surface area contributed by atoms with Gasteiger partial charge in [0.2, 0.25) is 11.8 Å². The van der Waals surface area contributed by atoms with E-state index in [4.69, 9.17) is 5.73 Å². The van der Waals surface area contributed by atoms with Crippen molar-refractivity contribution in [2.24, 2.45) is 5.73 Å². The maximum Gasteiger partial charge on any atom is 0.272 e. The van der Waals surface area contributed by atoms with Crippen molar-refractivity contribution in [2.75, 3.05) is 5.32 Å². The number of amides is 3. The van der Waals surface area contributed by atoms with Gasteiger partial charge < -0.3 is 16.4 Å². The Bertz CT molecular complexity index is 781. The first-order valence-corrected chi connectivity index (χ1v) is 7.21. The summed E-state index contributed by atoms with van der Waals surface area (Å²) >= 11 is 0. The van der Waals surface area contributed by atoms with Gasteiger partial charge in [-0.2, -0.15) is 0 Å². The normalized spacial score (nSPS) is 10.8. The first kappa shape index (κ1) is 17.0. The minimum atomic E-state index is -0.546. The number of primary amides is 1. The second-order valence-electron chi connectivity index (χ2n) is 5.05. The van der Waals surface area contributed by atoms with E-state index in [1.165, 1.54) is 19.1 Å². The van der Waals surface area contributed by atoms with E-state index >= 15 is 0 Å². The van der Waals surface area contributed by atoms with Crippen LogP contribution in [0, 0.1) is 0 Å². The van der Waals surface area contributed by atoms with Crippen LogP contribution in [0.2, 0.25) is 0 Å². The molecule has 2 aromatic carbocycles. The van der Waals surface area contributed by atoms with Gasteiger partial charge in [-0.3, -0.25) is 14.4 Å². The van der Waals surface area contributed by atoms with E-state index in [0.29, 0.717) is 11.3 Å². The fourth-order valence-electron chi connectivity index (χ4n) is 1.98. The third kappa shape index (κ3) is 4.81. The molecule has 0 unspecified atom stereocenters. The number of carbonyl (C=O) groups is 3. The summed E-state index contributed by atoms with van der Waals surface area (Å²) in [6, 6.07) is 15.3. The lowest BCUT2D eigenvalue weighted by Gasteiger charge is -2.10. The molecule has 0 aliphatic carbocycles. The molecular weight excluding hydrogens is 306 g/mol. The SMILES string of the molecule is CC(=O)N/C(=C\c1ccccc1)C(=O)Nc1ccc(C(N)=O)cc1. The lowest BCUT2D eigenvalue weighted by atomic mass is 10.1. The van der Waals surface area contributed by atoms with Crippen molar-refractivity contribution in [3.05, 3.63) is 71.4 Å². The summed E-state index contributed by atoms with van der Waals surface area (Å²) in [6.45, 7) is 1.33. The molecular formula is C18H17N3O3. The second-order valence-corrected chi connectivity index (χ2v) is 5.05. The van der Waals surface area contributed by atoms with Crippen molar-refractivity contribution < 1.29 is 14.4 Å². The molecule has 6 nitrogen and oxygen atoms in total. The Morgan fingerprint density at radius 1 is 0.958 bits per heavy atom. The molecule has 0 fully saturated rings. The third-order valence-corrected chi connectivity index (χ3v) is 3.09. The molecule has 0 aliphatic heterocycles. The fraction of sp³-hybridized carbons (Fsp3) is 0.0556. The summed E-state index contributed by atoms with van der Waals surface area (Å²) in [4.78, 5) is 34.8. The summed E-state index contributed by atoms with van der Waals surface area (Å²) in [7, 11) is 0. The smallest absolute Gasteiger partial charge is 0.272 e. The molecule has 0 spiro atoms. The number of nitrogens with one attached hydrogen (secondary N) is 2. The highest BCUT2D eigenvalue weighted by Gasteiger charge is 2.12. The number of hydrogen-bond donors (Lipinski definition) is 3. The van der Waals surface area contributed by atoms with Gasteiger partial charge in [-0.25, -0.2) is 0 Å². The fourth-order valence-corrected chi connectivity index (χ4v) is 1.98. The number of carbonyl (C=O) groups excluding carboxylic acids is 3. The number of hydrogen-bond acceptors (Lipinski definition) is 3. The first-order valence-electron chi connectivity index (χ1n) is 7.21. The van der Waals surface area contributed by atoms with Crippen LogP contribution in [0.15, 0.2) is 60.3 Å². The van der Waals surface area contributed by atoms with Crippen molar-refractivity contribution in [1.29, 1.82) is 0 Å². The monoisotopic (exact) mass is 323 g/mol. The van der Waals surface area contributed by atoms with Crippen LogP contribution in [-0.2, 0) is 9.59 Å². The van der Waals surface area contributed by atoms with Crippen LogP contribution in [-0.4, -0.2) is 17.7 Å². The van der Waals surface area contributed by atoms with E-state index in [1.54, 1.807) is 18.2 Å². The Kier molecular flexibility index (Phi) is 5.46. The molecule has 2 rings (SSSR count). The molecule has 0 saturated carbocycles. The molecule has 0 heterocycles. The maximum atomic E-state index is 12.4. The Balaban J connectivity index is 2.20. The number of rotatable bonds is 5. The highest BCUT2D eigenvalue weighted by atomic mass is 16.2. The van der Waals surface area contributed by atoms with E-state index in [1.807, 2.05) is 30.3 Å². The lowest BCUT2D eigenvalue weighted by Crippen LogP contribution is -2.29. The summed E-state index contributed by atoms with van der Waals surface area (Å²) < 4.78 is 0. The van der Waals surface area contributed by atoms with Crippen LogP contribution in [0.25, 0.3) is 6.08 Å². The molecule has 0 saturated heterocycles. The number of anilines is 1.